The van der Waals surface area contributed by atoms with Gasteiger partial charge in [0.2, 0.25) is 5.78 Å². The predicted molar refractivity (Wildman–Crippen MR) is 61.1 cm³/mol. The standard InChI is InChI=1S/C9H3Cl4F3O/c10-6-3-4(9(14,15)16)1-2-5(6)7(17)8(11,12)13/h1-3H. The lowest BCUT2D eigenvalue weighted by molar-refractivity contribution is -0.137. The Labute approximate surface area is 114 Å². The molecule has 0 aliphatic heterocycles. The maximum absolute atomic E-state index is 12.3. The lowest BCUT2D eigenvalue weighted by atomic mass is 10.1. The van der Waals surface area contributed by atoms with E-state index in [0.717, 1.165) is 6.07 Å². The largest absolute Gasteiger partial charge is 0.416 e. The molecule has 0 amide bonds. The molecular weight excluding hydrogens is 323 g/mol. The molecule has 0 aromatic heterocycles. The molecule has 1 aromatic carbocycles. The van der Waals surface area contributed by atoms with Gasteiger partial charge >= 0.3 is 6.18 Å². The highest BCUT2D eigenvalue weighted by Gasteiger charge is 2.35. The summed E-state index contributed by atoms with van der Waals surface area (Å²) in [6.07, 6.45) is -4.55. The fourth-order valence-electron chi connectivity index (χ4n) is 1.03. The van der Waals surface area contributed by atoms with E-state index in [1.54, 1.807) is 0 Å². The van der Waals surface area contributed by atoms with Gasteiger partial charge < -0.3 is 0 Å². The van der Waals surface area contributed by atoms with Gasteiger partial charge in [-0.2, -0.15) is 13.2 Å². The molecule has 0 spiro atoms. The normalized spacial score (nSPS) is 12.6. The summed E-state index contributed by atoms with van der Waals surface area (Å²) in [7, 11) is 0. The van der Waals surface area contributed by atoms with E-state index in [0.29, 0.717) is 12.1 Å². The van der Waals surface area contributed by atoms with Crippen LogP contribution in [0.15, 0.2) is 18.2 Å². The average Bonchev–Trinajstić information content (AvgIpc) is 2.13. The molecule has 0 bridgehead atoms. The van der Waals surface area contributed by atoms with Gasteiger partial charge in [-0.05, 0) is 18.2 Å². The number of halogens is 7. The van der Waals surface area contributed by atoms with Crippen LogP contribution in [0, 0.1) is 0 Å². The Morgan fingerprint density at radius 2 is 1.65 bits per heavy atom. The zero-order valence-electron chi connectivity index (χ0n) is 7.79. The molecule has 0 aliphatic rings. The van der Waals surface area contributed by atoms with Crippen molar-refractivity contribution in [3.63, 3.8) is 0 Å². The van der Waals surface area contributed by atoms with E-state index in [-0.39, 0.29) is 5.56 Å². The van der Waals surface area contributed by atoms with Crippen molar-refractivity contribution in [2.45, 2.75) is 9.97 Å². The molecule has 17 heavy (non-hydrogen) atoms. The first-order valence-electron chi connectivity index (χ1n) is 4.02. The minimum atomic E-state index is -4.55. The topological polar surface area (TPSA) is 17.1 Å². The van der Waals surface area contributed by atoms with Gasteiger partial charge in [0.15, 0.2) is 0 Å². The number of ketones is 1. The summed E-state index contributed by atoms with van der Waals surface area (Å²) in [5.74, 6) is -0.985. The molecule has 0 radical (unpaired) electrons. The molecule has 0 saturated heterocycles. The summed E-state index contributed by atoms with van der Waals surface area (Å²) in [5.41, 5.74) is -1.26. The first kappa shape index (κ1) is 14.9. The maximum Gasteiger partial charge on any atom is 0.416 e. The molecule has 0 atom stereocenters. The Morgan fingerprint density at radius 3 is 2.00 bits per heavy atom. The highest BCUT2D eigenvalue weighted by atomic mass is 35.6. The van der Waals surface area contributed by atoms with Crippen LogP contribution in [0.5, 0.6) is 0 Å². The van der Waals surface area contributed by atoms with Crippen LogP contribution in [0.3, 0.4) is 0 Å². The molecule has 1 nitrogen and oxygen atoms in total. The van der Waals surface area contributed by atoms with Crippen LogP contribution < -0.4 is 0 Å². The van der Waals surface area contributed by atoms with Gasteiger partial charge in [-0.1, -0.05) is 46.4 Å². The Hall–Kier alpha value is -0.160. The van der Waals surface area contributed by atoms with Gasteiger partial charge in [-0.3, -0.25) is 4.79 Å². The Kier molecular flexibility index (Phi) is 4.24. The number of rotatable bonds is 1. The highest BCUT2D eigenvalue weighted by molar-refractivity contribution is 6.77. The summed E-state index contributed by atoms with van der Waals surface area (Å²) < 4.78 is 34.7. The van der Waals surface area contributed by atoms with Crippen LogP contribution in [-0.4, -0.2) is 9.58 Å². The molecule has 1 aromatic rings. The summed E-state index contributed by atoms with van der Waals surface area (Å²) >= 11 is 21.5. The number of Topliss-reactive ketones (excluding diaryl/α,β-unsaturated/α-hetero) is 1. The monoisotopic (exact) mass is 324 g/mol. The Morgan fingerprint density at radius 1 is 1.12 bits per heavy atom. The number of carbonyl (C=O) groups is 1. The van der Waals surface area contributed by atoms with Crippen LogP contribution in [0.4, 0.5) is 13.2 Å². The van der Waals surface area contributed by atoms with E-state index in [2.05, 4.69) is 0 Å². The van der Waals surface area contributed by atoms with Crippen molar-refractivity contribution in [1.29, 1.82) is 0 Å². The van der Waals surface area contributed by atoms with E-state index < -0.39 is 26.3 Å². The molecule has 0 fully saturated rings. The zero-order chi connectivity index (χ0) is 13.4. The number of hydrogen-bond acceptors (Lipinski definition) is 1. The van der Waals surface area contributed by atoms with Gasteiger partial charge in [0.25, 0.3) is 3.79 Å². The molecule has 0 aliphatic carbocycles. The van der Waals surface area contributed by atoms with Crippen LogP contribution in [-0.2, 0) is 6.18 Å². The third kappa shape index (κ3) is 3.65. The second-order valence-corrected chi connectivity index (χ2v) is 5.71. The number of benzene rings is 1. The Bertz CT molecular complexity index is 451. The van der Waals surface area contributed by atoms with E-state index in [9.17, 15) is 18.0 Å². The highest BCUT2D eigenvalue weighted by Crippen LogP contribution is 2.36. The fraction of sp³-hybridized carbons (Fsp3) is 0.222. The first-order valence-corrected chi connectivity index (χ1v) is 5.53. The predicted octanol–water partition coefficient (Wildman–Crippen LogP) is 4.91. The molecule has 0 heterocycles. The summed E-state index contributed by atoms with van der Waals surface area (Å²) in [6.45, 7) is 0. The minimum Gasteiger partial charge on any atom is -0.289 e. The van der Waals surface area contributed by atoms with Crippen LogP contribution in [0.25, 0.3) is 0 Å². The van der Waals surface area contributed by atoms with Crippen molar-refractivity contribution in [3.8, 4) is 0 Å². The van der Waals surface area contributed by atoms with E-state index >= 15 is 0 Å². The van der Waals surface area contributed by atoms with Gasteiger partial charge in [-0.15, -0.1) is 0 Å². The molecule has 1 rings (SSSR count). The number of hydrogen-bond donors (Lipinski definition) is 0. The van der Waals surface area contributed by atoms with Gasteiger partial charge in [-0.25, -0.2) is 0 Å². The Balaban J connectivity index is 3.20. The summed E-state index contributed by atoms with van der Waals surface area (Å²) in [4.78, 5) is 11.5. The van der Waals surface area contributed by atoms with E-state index in [1.165, 1.54) is 0 Å². The summed E-state index contributed by atoms with van der Waals surface area (Å²) in [5, 5.41) is -0.420. The van der Waals surface area contributed by atoms with Gasteiger partial charge in [0, 0.05) is 5.56 Å². The molecule has 8 heteroatoms. The van der Waals surface area contributed by atoms with Crippen LogP contribution >= 0.6 is 46.4 Å². The van der Waals surface area contributed by atoms with E-state index in [1.807, 2.05) is 0 Å². The average molecular weight is 326 g/mol. The molecule has 0 unspecified atom stereocenters. The van der Waals surface area contributed by atoms with Crippen molar-refractivity contribution in [2.24, 2.45) is 0 Å². The van der Waals surface area contributed by atoms with E-state index in [4.69, 9.17) is 46.4 Å². The van der Waals surface area contributed by atoms with Crippen molar-refractivity contribution < 1.29 is 18.0 Å². The third-order valence-electron chi connectivity index (χ3n) is 1.80. The third-order valence-corrected chi connectivity index (χ3v) is 2.63. The second-order valence-electron chi connectivity index (χ2n) is 3.02. The van der Waals surface area contributed by atoms with Crippen molar-refractivity contribution in [2.75, 3.05) is 0 Å². The molecule has 94 valence electrons. The number of carbonyl (C=O) groups excluding carboxylic acids is 1. The van der Waals surface area contributed by atoms with Gasteiger partial charge in [0.1, 0.15) is 0 Å². The smallest absolute Gasteiger partial charge is 0.289 e. The van der Waals surface area contributed by atoms with Crippen molar-refractivity contribution in [3.05, 3.63) is 34.3 Å². The molecule has 0 N–H and O–H groups in total. The summed E-state index contributed by atoms with van der Waals surface area (Å²) in [6, 6.07) is 2.16. The lowest BCUT2D eigenvalue weighted by Gasteiger charge is -2.12. The van der Waals surface area contributed by atoms with Crippen molar-refractivity contribution >= 4 is 52.2 Å². The SMILES string of the molecule is O=C(c1ccc(C(F)(F)F)cc1Cl)C(Cl)(Cl)Cl. The van der Waals surface area contributed by atoms with Crippen molar-refractivity contribution in [1.82, 2.24) is 0 Å². The molecular formula is C9H3Cl4F3O. The fourth-order valence-corrected chi connectivity index (χ4v) is 1.60. The molecule has 0 saturated carbocycles. The quantitative estimate of drug-likeness (QED) is 0.529. The lowest BCUT2D eigenvalue weighted by Crippen LogP contribution is -2.19. The number of alkyl halides is 6. The van der Waals surface area contributed by atoms with Crippen LogP contribution in [0.2, 0.25) is 5.02 Å². The maximum atomic E-state index is 12.3. The van der Waals surface area contributed by atoms with Crippen LogP contribution in [0.1, 0.15) is 15.9 Å². The first-order chi connectivity index (χ1) is 7.53. The minimum absolute atomic E-state index is 0.278. The second kappa shape index (κ2) is 4.84. The van der Waals surface area contributed by atoms with Gasteiger partial charge in [0.05, 0.1) is 10.6 Å². The zero-order valence-corrected chi connectivity index (χ0v) is 10.8.